The van der Waals surface area contributed by atoms with E-state index in [0.29, 0.717) is 18.6 Å². The van der Waals surface area contributed by atoms with E-state index in [1.54, 1.807) is 18.4 Å². The van der Waals surface area contributed by atoms with Crippen LogP contribution in [0.15, 0.2) is 46.9 Å². The highest BCUT2D eigenvalue weighted by Crippen LogP contribution is 2.27. The molecule has 0 fully saturated rings. The van der Waals surface area contributed by atoms with Crippen LogP contribution in [0.2, 0.25) is 0 Å². The first-order valence-corrected chi connectivity index (χ1v) is 9.73. The van der Waals surface area contributed by atoms with Crippen LogP contribution >= 0.6 is 11.3 Å². The van der Waals surface area contributed by atoms with Crippen LogP contribution < -0.4 is 5.32 Å². The summed E-state index contributed by atoms with van der Waals surface area (Å²) in [6.45, 7) is 2.16. The average molecular weight is 369 g/mol. The van der Waals surface area contributed by atoms with Gasteiger partial charge in [0.15, 0.2) is 0 Å². The van der Waals surface area contributed by atoms with Crippen LogP contribution in [0.5, 0.6) is 0 Å². The summed E-state index contributed by atoms with van der Waals surface area (Å²) in [5.41, 5.74) is 2.74. The van der Waals surface area contributed by atoms with Crippen molar-refractivity contribution in [3.63, 3.8) is 0 Å². The van der Waals surface area contributed by atoms with Crippen LogP contribution in [-0.2, 0) is 16.0 Å². The van der Waals surface area contributed by atoms with Crippen molar-refractivity contribution in [2.75, 3.05) is 7.05 Å². The minimum absolute atomic E-state index is 0.0668. The molecule has 1 N–H and O–H groups in total. The maximum atomic E-state index is 12.7. The summed E-state index contributed by atoms with van der Waals surface area (Å²) < 4.78 is 0. The molecule has 0 spiro atoms. The smallest absolute Gasteiger partial charge is 0.268 e. The summed E-state index contributed by atoms with van der Waals surface area (Å²) in [6, 6.07) is 12.2. The predicted octanol–water partition coefficient (Wildman–Crippen LogP) is 3.51. The number of rotatable bonds is 6. The minimum atomic E-state index is -0.222. The topological polar surface area (TPSA) is 61.8 Å². The molecular formula is C20H23N3O2S. The number of hydrogen-bond acceptors (Lipinski definition) is 4. The summed E-state index contributed by atoms with van der Waals surface area (Å²) in [5, 5.41) is 10.5. The van der Waals surface area contributed by atoms with E-state index in [0.717, 1.165) is 23.3 Å². The monoisotopic (exact) mass is 369 g/mol. The number of aryl methyl sites for hydroxylation is 1. The predicted molar refractivity (Wildman–Crippen MR) is 104 cm³/mol. The number of amides is 2. The Morgan fingerprint density at radius 3 is 2.65 bits per heavy atom. The van der Waals surface area contributed by atoms with Crippen molar-refractivity contribution in [2.24, 2.45) is 5.10 Å². The average Bonchev–Trinajstić information content (AvgIpc) is 3.17. The van der Waals surface area contributed by atoms with Gasteiger partial charge in [-0.15, -0.1) is 11.3 Å². The zero-order valence-electron chi connectivity index (χ0n) is 15.1. The Hall–Kier alpha value is -2.47. The quantitative estimate of drug-likeness (QED) is 0.847. The first-order valence-electron chi connectivity index (χ1n) is 8.85. The molecule has 0 aliphatic carbocycles. The van der Waals surface area contributed by atoms with Gasteiger partial charge in [-0.2, -0.15) is 5.10 Å². The standard InChI is InChI=1S/C20H23N3O2S/c1-3-5-14-7-9-15(10-8-14)19(17-6-4-13-26-17)21-20(25)16-11-12-18(24)23(2)22-16/h4,6-10,13,19H,3,5,11-12H2,1-2H3,(H,21,25). The van der Waals surface area contributed by atoms with Crippen molar-refractivity contribution in [3.8, 4) is 0 Å². The number of benzene rings is 1. The van der Waals surface area contributed by atoms with E-state index in [1.807, 2.05) is 17.5 Å². The first-order chi connectivity index (χ1) is 12.6. The highest BCUT2D eigenvalue weighted by molar-refractivity contribution is 7.10. The molecule has 2 aromatic rings. The number of carbonyl (C=O) groups is 2. The second-order valence-corrected chi connectivity index (χ2v) is 7.36. The van der Waals surface area contributed by atoms with E-state index < -0.39 is 0 Å². The molecule has 0 radical (unpaired) electrons. The van der Waals surface area contributed by atoms with Crippen molar-refractivity contribution in [2.45, 2.75) is 38.6 Å². The van der Waals surface area contributed by atoms with Crippen LogP contribution in [0.3, 0.4) is 0 Å². The van der Waals surface area contributed by atoms with Gasteiger partial charge in [0, 0.05) is 24.8 Å². The lowest BCUT2D eigenvalue weighted by atomic mass is 10.0. The molecule has 3 rings (SSSR count). The second kappa shape index (κ2) is 8.27. The molecule has 136 valence electrons. The van der Waals surface area contributed by atoms with Crippen LogP contribution in [0.1, 0.15) is 48.2 Å². The molecule has 1 atom stereocenters. The third kappa shape index (κ3) is 4.19. The lowest BCUT2D eigenvalue weighted by Gasteiger charge is -2.22. The molecule has 2 amide bonds. The largest absolute Gasteiger partial charge is 0.339 e. The van der Waals surface area contributed by atoms with Gasteiger partial charge in [0.1, 0.15) is 5.71 Å². The Morgan fingerprint density at radius 1 is 1.27 bits per heavy atom. The third-order valence-electron chi connectivity index (χ3n) is 4.42. The van der Waals surface area contributed by atoms with Gasteiger partial charge in [0.05, 0.1) is 6.04 Å². The highest BCUT2D eigenvalue weighted by Gasteiger charge is 2.25. The van der Waals surface area contributed by atoms with Gasteiger partial charge in [0.25, 0.3) is 5.91 Å². The summed E-state index contributed by atoms with van der Waals surface area (Å²) >= 11 is 1.61. The van der Waals surface area contributed by atoms with Gasteiger partial charge in [-0.3, -0.25) is 9.59 Å². The highest BCUT2D eigenvalue weighted by atomic mass is 32.1. The number of thiophene rings is 1. The van der Waals surface area contributed by atoms with Crippen LogP contribution in [0.4, 0.5) is 0 Å². The molecule has 1 unspecified atom stereocenters. The van der Waals surface area contributed by atoms with Crippen LogP contribution in [0, 0.1) is 0 Å². The fourth-order valence-electron chi connectivity index (χ4n) is 2.99. The van der Waals surface area contributed by atoms with Crippen molar-refractivity contribution < 1.29 is 9.59 Å². The van der Waals surface area contributed by atoms with Gasteiger partial charge in [-0.05, 0) is 29.0 Å². The SMILES string of the molecule is CCCc1ccc(C(NC(=O)C2=NN(C)C(=O)CC2)c2cccs2)cc1. The molecule has 1 aromatic heterocycles. The van der Waals surface area contributed by atoms with Gasteiger partial charge in [-0.25, -0.2) is 5.01 Å². The van der Waals surface area contributed by atoms with E-state index in [9.17, 15) is 9.59 Å². The van der Waals surface area contributed by atoms with Crippen molar-refractivity contribution in [1.82, 2.24) is 10.3 Å². The number of carbonyl (C=O) groups excluding carboxylic acids is 2. The maximum absolute atomic E-state index is 12.7. The fraction of sp³-hybridized carbons (Fsp3) is 0.350. The molecule has 2 heterocycles. The molecule has 26 heavy (non-hydrogen) atoms. The summed E-state index contributed by atoms with van der Waals surface area (Å²) in [6.07, 6.45) is 2.85. The molecule has 0 saturated carbocycles. The third-order valence-corrected chi connectivity index (χ3v) is 5.36. The lowest BCUT2D eigenvalue weighted by Crippen LogP contribution is -2.39. The zero-order valence-corrected chi connectivity index (χ0v) is 15.9. The molecule has 0 saturated heterocycles. The van der Waals surface area contributed by atoms with E-state index in [-0.39, 0.29) is 17.9 Å². The number of hydrogen-bond donors (Lipinski definition) is 1. The molecule has 1 aromatic carbocycles. The molecular weight excluding hydrogens is 346 g/mol. The van der Waals surface area contributed by atoms with E-state index in [4.69, 9.17) is 0 Å². The van der Waals surface area contributed by atoms with Crippen molar-refractivity contribution in [1.29, 1.82) is 0 Å². The number of nitrogens with zero attached hydrogens (tertiary/aromatic N) is 2. The van der Waals surface area contributed by atoms with Crippen LogP contribution in [-0.4, -0.2) is 29.6 Å². The molecule has 6 heteroatoms. The van der Waals surface area contributed by atoms with E-state index in [2.05, 4.69) is 41.6 Å². The summed E-state index contributed by atoms with van der Waals surface area (Å²) in [5.74, 6) is -0.289. The van der Waals surface area contributed by atoms with Crippen molar-refractivity contribution >= 4 is 28.9 Å². The van der Waals surface area contributed by atoms with Gasteiger partial charge in [0.2, 0.25) is 5.91 Å². The van der Waals surface area contributed by atoms with Gasteiger partial charge >= 0.3 is 0 Å². The zero-order chi connectivity index (χ0) is 18.5. The number of nitrogens with one attached hydrogen (secondary N) is 1. The van der Waals surface area contributed by atoms with E-state index in [1.165, 1.54) is 10.6 Å². The Labute approximate surface area is 157 Å². The maximum Gasteiger partial charge on any atom is 0.268 e. The van der Waals surface area contributed by atoms with Crippen LogP contribution in [0.25, 0.3) is 0 Å². The summed E-state index contributed by atoms with van der Waals surface area (Å²) in [7, 11) is 1.58. The van der Waals surface area contributed by atoms with Gasteiger partial charge in [-0.1, -0.05) is 43.7 Å². The molecule has 1 aliphatic heterocycles. The van der Waals surface area contributed by atoms with Gasteiger partial charge < -0.3 is 5.32 Å². The molecule has 5 nitrogen and oxygen atoms in total. The molecule has 0 bridgehead atoms. The minimum Gasteiger partial charge on any atom is -0.339 e. The Bertz CT molecular complexity index is 797. The number of hydrazone groups is 1. The normalized spacial score (nSPS) is 15.5. The van der Waals surface area contributed by atoms with Crippen molar-refractivity contribution in [3.05, 3.63) is 57.8 Å². The lowest BCUT2D eigenvalue weighted by molar-refractivity contribution is -0.130. The van der Waals surface area contributed by atoms with E-state index >= 15 is 0 Å². The first kappa shape index (κ1) is 18.3. The Morgan fingerprint density at radius 2 is 2.04 bits per heavy atom. The Balaban J connectivity index is 1.82. The summed E-state index contributed by atoms with van der Waals surface area (Å²) in [4.78, 5) is 25.4. The molecule has 1 aliphatic rings. The Kier molecular flexibility index (Phi) is 5.83. The fourth-order valence-corrected chi connectivity index (χ4v) is 3.79. The second-order valence-electron chi connectivity index (χ2n) is 6.38.